The fraction of sp³-hybridized carbons (Fsp3) is 1.00. The quantitative estimate of drug-likeness (QED) is 0.751. The Morgan fingerprint density at radius 2 is 1.94 bits per heavy atom. The molecule has 2 aliphatic rings. The Morgan fingerprint density at radius 3 is 2.38 bits per heavy atom. The summed E-state index contributed by atoms with van der Waals surface area (Å²) in [7, 11) is 0. The second-order valence-electron chi connectivity index (χ2n) is 6.56. The lowest BCUT2D eigenvalue weighted by Gasteiger charge is -2.40. The zero-order chi connectivity index (χ0) is 11.8. The first kappa shape index (κ1) is 12.3. The average molecular weight is 227 g/mol. The van der Waals surface area contributed by atoms with Crippen molar-refractivity contribution >= 4 is 0 Å². The normalized spacial score (nSPS) is 32.2. The molecule has 0 amide bonds. The molecule has 3 heteroatoms. The van der Waals surface area contributed by atoms with Crippen molar-refractivity contribution < 1.29 is 9.84 Å². The number of hydrogen-bond acceptors (Lipinski definition) is 3. The van der Waals surface area contributed by atoms with Crippen LogP contribution >= 0.6 is 0 Å². The van der Waals surface area contributed by atoms with Gasteiger partial charge in [0.25, 0.3) is 0 Å². The maximum atomic E-state index is 9.20. The summed E-state index contributed by atoms with van der Waals surface area (Å²) in [6.45, 7) is 7.65. The molecular formula is C13H25NO2. The van der Waals surface area contributed by atoms with Gasteiger partial charge < -0.3 is 15.2 Å². The van der Waals surface area contributed by atoms with Crippen molar-refractivity contribution in [2.45, 2.75) is 64.2 Å². The van der Waals surface area contributed by atoms with E-state index in [1.54, 1.807) is 0 Å². The van der Waals surface area contributed by atoms with Gasteiger partial charge in [-0.15, -0.1) is 0 Å². The fourth-order valence-corrected chi connectivity index (χ4v) is 2.26. The molecule has 0 aromatic rings. The number of hydrogen-bond donors (Lipinski definition) is 2. The lowest BCUT2D eigenvalue weighted by atomic mass is 9.88. The van der Waals surface area contributed by atoms with E-state index in [4.69, 9.17) is 4.74 Å². The van der Waals surface area contributed by atoms with Crippen molar-refractivity contribution in [2.75, 3.05) is 13.2 Å². The average Bonchev–Trinajstić information content (AvgIpc) is 2.88. The van der Waals surface area contributed by atoms with Gasteiger partial charge in [-0.25, -0.2) is 0 Å². The summed E-state index contributed by atoms with van der Waals surface area (Å²) in [5.41, 5.74) is 0.217. The Balaban J connectivity index is 1.59. The van der Waals surface area contributed by atoms with Crippen molar-refractivity contribution in [1.29, 1.82) is 0 Å². The molecule has 2 rings (SSSR count). The van der Waals surface area contributed by atoms with E-state index in [0.717, 1.165) is 19.4 Å². The highest BCUT2D eigenvalue weighted by atomic mass is 16.5. The molecule has 2 N–H and O–H groups in total. The van der Waals surface area contributed by atoms with Crippen LogP contribution in [0.3, 0.4) is 0 Å². The molecule has 0 radical (unpaired) electrons. The Morgan fingerprint density at radius 1 is 1.31 bits per heavy atom. The van der Waals surface area contributed by atoms with E-state index in [9.17, 15) is 5.11 Å². The molecule has 3 nitrogen and oxygen atoms in total. The zero-order valence-corrected chi connectivity index (χ0v) is 10.8. The van der Waals surface area contributed by atoms with E-state index in [0.29, 0.717) is 18.8 Å². The van der Waals surface area contributed by atoms with Crippen molar-refractivity contribution in [3.05, 3.63) is 0 Å². The van der Waals surface area contributed by atoms with Crippen LogP contribution in [0.1, 0.15) is 46.5 Å². The van der Waals surface area contributed by atoms with Crippen molar-refractivity contribution in [3.8, 4) is 0 Å². The lowest BCUT2D eigenvalue weighted by Crippen LogP contribution is -2.49. The smallest absolute Gasteiger partial charge is 0.0612 e. The van der Waals surface area contributed by atoms with Gasteiger partial charge in [0.05, 0.1) is 11.7 Å². The molecule has 0 aromatic carbocycles. The Hall–Kier alpha value is -0.120. The fourth-order valence-electron chi connectivity index (χ4n) is 2.26. The predicted octanol–water partition coefficient (Wildman–Crippen LogP) is 1.69. The first-order chi connectivity index (χ1) is 7.42. The van der Waals surface area contributed by atoms with Crippen LogP contribution in [0.5, 0.6) is 0 Å². The summed E-state index contributed by atoms with van der Waals surface area (Å²) in [4.78, 5) is 0. The van der Waals surface area contributed by atoms with E-state index < -0.39 is 0 Å². The van der Waals surface area contributed by atoms with Crippen molar-refractivity contribution in [1.82, 2.24) is 5.32 Å². The zero-order valence-electron chi connectivity index (χ0n) is 10.8. The minimum absolute atomic E-state index is 0.0154. The summed E-state index contributed by atoms with van der Waals surface area (Å²) in [6, 6.07) is 0.608. The van der Waals surface area contributed by atoms with Gasteiger partial charge >= 0.3 is 0 Å². The van der Waals surface area contributed by atoms with E-state index >= 15 is 0 Å². The van der Waals surface area contributed by atoms with Crippen LogP contribution in [0.4, 0.5) is 0 Å². The third-order valence-corrected chi connectivity index (χ3v) is 3.67. The molecule has 0 heterocycles. The van der Waals surface area contributed by atoms with Crippen LogP contribution in [0, 0.1) is 5.41 Å². The Bertz CT molecular complexity index is 237. The molecule has 0 aromatic heterocycles. The van der Waals surface area contributed by atoms with Crippen LogP contribution in [0.15, 0.2) is 0 Å². The molecule has 0 spiro atoms. The van der Waals surface area contributed by atoms with Gasteiger partial charge in [-0.3, -0.25) is 0 Å². The summed E-state index contributed by atoms with van der Waals surface area (Å²) >= 11 is 0. The Kier molecular flexibility index (Phi) is 3.30. The van der Waals surface area contributed by atoms with E-state index in [1.807, 2.05) is 0 Å². The molecule has 2 aliphatic carbocycles. The van der Waals surface area contributed by atoms with Gasteiger partial charge in [-0.2, -0.15) is 0 Å². The molecule has 2 fully saturated rings. The SMILES string of the molecule is CC(C)(C)OC1CC(NCC2(CO)CC2)C1. The van der Waals surface area contributed by atoms with Gasteiger partial charge in [-0.1, -0.05) is 0 Å². The second kappa shape index (κ2) is 4.28. The van der Waals surface area contributed by atoms with Gasteiger partial charge in [-0.05, 0) is 46.5 Å². The number of ether oxygens (including phenoxy) is 1. The summed E-state index contributed by atoms with van der Waals surface area (Å²) in [5, 5.41) is 12.7. The monoisotopic (exact) mass is 227 g/mol. The molecule has 0 bridgehead atoms. The third-order valence-electron chi connectivity index (χ3n) is 3.67. The highest BCUT2D eigenvalue weighted by Gasteiger charge is 2.43. The van der Waals surface area contributed by atoms with E-state index in [-0.39, 0.29) is 11.0 Å². The molecule has 0 saturated heterocycles. The first-order valence-corrected chi connectivity index (χ1v) is 6.45. The standard InChI is InChI=1S/C13H25NO2/c1-12(2,3)16-11-6-10(7-11)14-8-13(9-15)4-5-13/h10-11,14-15H,4-9H2,1-3H3. The minimum Gasteiger partial charge on any atom is -0.396 e. The van der Waals surface area contributed by atoms with Gasteiger partial charge in [0.2, 0.25) is 0 Å². The molecule has 94 valence electrons. The Labute approximate surface area is 98.6 Å². The third kappa shape index (κ3) is 3.19. The van der Waals surface area contributed by atoms with E-state index in [2.05, 4.69) is 26.1 Å². The van der Waals surface area contributed by atoms with Gasteiger partial charge in [0.1, 0.15) is 0 Å². The maximum Gasteiger partial charge on any atom is 0.0612 e. The van der Waals surface area contributed by atoms with Gasteiger partial charge in [0.15, 0.2) is 0 Å². The predicted molar refractivity (Wildman–Crippen MR) is 64.4 cm³/mol. The number of aliphatic hydroxyl groups excluding tert-OH is 1. The largest absolute Gasteiger partial charge is 0.396 e. The van der Waals surface area contributed by atoms with Crippen LogP contribution in [0.2, 0.25) is 0 Å². The summed E-state index contributed by atoms with van der Waals surface area (Å²) in [6.07, 6.45) is 5.05. The molecular weight excluding hydrogens is 202 g/mol. The van der Waals surface area contributed by atoms with Crippen LogP contribution < -0.4 is 5.32 Å². The van der Waals surface area contributed by atoms with E-state index in [1.165, 1.54) is 12.8 Å². The van der Waals surface area contributed by atoms with Crippen LogP contribution in [-0.4, -0.2) is 36.0 Å². The highest BCUT2D eigenvalue weighted by Crippen LogP contribution is 2.44. The molecule has 16 heavy (non-hydrogen) atoms. The second-order valence-corrected chi connectivity index (χ2v) is 6.56. The number of rotatable bonds is 5. The lowest BCUT2D eigenvalue weighted by molar-refractivity contribution is -0.103. The van der Waals surface area contributed by atoms with Crippen molar-refractivity contribution in [3.63, 3.8) is 0 Å². The molecule has 0 aliphatic heterocycles. The van der Waals surface area contributed by atoms with Gasteiger partial charge in [0, 0.05) is 24.6 Å². The number of aliphatic hydroxyl groups is 1. The molecule has 0 atom stereocenters. The number of nitrogens with one attached hydrogen (secondary N) is 1. The minimum atomic E-state index is -0.0154. The highest BCUT2D eigenvalue weighted by molar-refractivity contribution is 4.97. The summed E-state index contributed by atoms with van der Waals surface area (Å²) in [5.74, 6) is 0. The topological polar surface area (TPSA) is 41.5 Å². The van der Waals surface area contributed by atoms with Crippen molar-refractivity contribution in [2.24, 2.45) is 5.41 Å². The molecule has 2 saturated carbocycles. The molecule has 0 unspecified atom stereocenters. The first-order valence-electron chi connectivity index (χ1n) is 6.45. The maximum absolute atomic E-state index is 9.20. The summed E-state index contributed by atoms with van der Waals surface area (Å²) < 4.78 is 5.89. The van der Waals surface area contributed by atoms with Crippen LogP contribution in [0.25, 0.3) is 0 Å². The van der Waals surface area contributed by atoms with Crippen LogP contribution in [-0.2, 0) is 4.74 Å².